The lowest BCUT2D eigenvalue weighted by molar-refractivity contribution is -0.124. The van der Waals surface area contributed by atoms with Crippen molar-refractivity contribution in [1.29, 1.82) is 0 Å². The number of hydrogen-bond donors (Lipinski definition) is 2. The molecule has 5 heteroatoms. The zero-order valence-corrected chi connectivity index (χ0v) is 10.3. The van der Waals surface area contributed by atoms with Crippen LogP contribution in [0.15, 0.2) is 0 Å². The van der Waals surface area contributed by atoms with Crippen LogP contribution in [-0.4, -0.2) is 38.1 Å². The topological polar surface area (TPSA) is 67.4 Å². The van der Waals surface area contributed by atoms with Crippen LogP contribution < -0.4 is 10.6 Å². The van der Waals surface area contributed by atoms with E-state index >= 15 is 0 Å². The van der Waals surface area contributed by atoms with Crippen molar-refractivity contribution >= 4 is 11.8 Å². The minimum atomic E-state index is 0.00356. The highest BCUT2D eigenvalue weighted by Gasteiger charge is 2.04. The van der Waals surface area contributed by atoms with Gasteiger partial charge in [-0.05, 0) is 0 Å². The van der Waals surface area contributed by atoms with E-state index in [1.54, 1.807) is 6.92 Å². The SMILES string of the molecule is CCC(=O)NCCOCCNC(=O)C(C)C. The summed E-state index contributed by atoms with van der Waals surface area (Å²) in [6.45, 7) is 7.47. The van der Waals surface area contributed by atoms with Crippen molar-refractivity contribution < 1.29 is 14.3 Å². The second kappa shape index (κ2) is 9.15. The summed E-state index contributed by atoms with van der Waals surface area (Å²) in [6, 6.07) is 0. The fourth-order valence-electron chi connectivity index (χ4n) is 0.940. The number of carbonyl (C=O) groups is 2. The summed E-state index contributed by atoms with van der Waals surface area (Å²) in [7, 11) is 0. The largest absolute Gasteiger partial charge is 0.378 e. The average Bonchev–Trinajstić information content (AvgIpc) is 2.26. The van der Waals surface area contributed by atoms with Crippen LogP contribution >= 0.6 is 0 Å². The molecular weight excluding hydrogens is 208 g/mol. The normalized spacial score (nSPS) is 10.2. The summed E-state index contributed by atoms with van der Waals surface area (Å²) >= 11 is 0. The molecule has 0 aliphatic heterocycles. The molecule has 5 nitrogen and oxygen atoms in total. The van der Waals surface area contributed by atoms with Gasteiger partial charge in [0.15, 0.2) is 0 Å². The van der Waals surface area contributed by atoms with E-state index in [4.69, 9.17) is 4.74 Å². The van der Waals surface area contributed by atoms with Gasteiger partial charge >= 0.3 is 0 Å². The number of nitrogens with one attached hydrogen (secondary N) is 2. The summed E-state index contributed by atoms with van der Waals surface area (Å²) in [5.74, 6) is 0.0587. The average molecular weight is 230 g/mol. The number of ether oxygens (including phenoxy) is 1. The maximum Gasteiger partial charge on any atom is 0.222 e. The van der Waals surface area contributed by atoms with Gasteiger partial charge < -0.3 is 15.4 Å². The summed E-state index contributed by atoms with van der Waals surface area (Å²) in [4.78, 5) is 22.0. The van der Waals surface area contributed by atoms with Crippen LogP contribution in [0.4, 0.5) is 0 Å². The van der Waals surface area contributed by atoms with Crippen molar-refractivity contribution in [1.82, 2.24) is 10.6 Å². The molecule has 0 unspecified atom stereocenters. The third-order valence-electron chi connectivity index (χ3n) is 1.96. The Hall–Kier alpha value is -1.10. The summed E-state index contributed by atoms with van der Waals surface area (Å²) in [6.07, 6.45) is 0.491. The van der Waals surface area contributed by atoms with Gasteiger partial charge in [-0.25, -0.2) is 0 Å². The molecule has 0 saturated carbocycles. The molecule has 94 valence electrons. The smallest absolute Gasteiger partial charge is 0.222 e. The Morgan fingerprint density at radius 2 is 1.69 bits per heavy atom. The van der Waals surface area contributed by atoms with E-state index < -0.39 is 0 Å². The number of rotatable bonds is 8. The molecular formula is C11H22N2O3. The molecule has 0 aromatic heterocycles. The van der Waals surface area contributed by atoms with Crippen molar-refractivity contribution in [2.45, 2.75) is 27.2 Å². The van der Waals surface area contributed by atoms with Gasteiger partial charge in [-0.2, -0.15) is 0 Å². The van der Waals surface area contributed by atoms with Crippen molar-refractivity contribution in [2.24, 2.45) is 5.92 Å². The Morgan fingerprint density at radius 3 is 2.19 bits per heavy atom. The lowest BCUT2D eigenvalue weighted by Crippen LogP contribution is -2.32. The van der Waals surface area contributed by atoms with Crippen LogP contribution in [0.2, 0.25) is 0 Å². The quantitative estimate of drug-likeness (QED) is 0.589. The van der Waals surface area contributed by atoms with E-state index in [2.05, 4.69) is 10.6 Å². The van der Waals surface area contributed by atoms with Crippen molar-refractivity contribution in [3.8, 4) is 0 Å². The second-order valence-corrected chi connectivity index (χ2v) is 3.76. The fraction of sp³-hybridized carbons (Fsp3) is 0.818. The molecule has 0 aliphatic rings. The third-order valence-corrected chi connectivity index (χ3v) is 1.96. The van der Waals surface area contributed by atoms with Gasteiger partial charge in [0.2, 0.25) is 11.8 Å². The van der Waals surface area contributed by atoms with Crippen LogP contribution in [0.5, 0.6) is 0 Å². The first-order chi connectivity index (χ1) is 7.57. The van der Waals surface area contributed by atoms with Gasteiger partial charge in [-0.15, -0.1) is 0 Å². The first kappa shape index (κ1) is 14.9. The predicted molar refractivity (Wildman–Crippen MR) is 62.0 cm³/mol. The first-order valence-corrected chi connectivity index (χ1v) is 5.70. The van der Waals surface area contributed by atoms with Crippen LogP contribution in [0, 0.1) is 5.92 Å². The molecule has 2 amide bonds. The standard InChI is InChI=1S/C11H22N2O3/c1-4-10(14)12-5-7-16-8-6-13-11(15)9(2)3/h9H,4-8H2,1-3H3,(H,12,14)(H,13,15). The summed E-state index contributed by atoms with van der Waals surface area (Å²) in [5, 5.41) is 5.44. The molecule has 0 aromatic rings. The van der Waals surface area contributed by atoms with E-state index in [1.807, 2.05) is 13.8 Å². The molecule has 0 bridgehead atoms. The molecule has 0 radical (unpaired) electrons. The highest BCUT2D eigenvalue weighted by atomic mass is 16.5. The van der Waals surface area contributed by atoms with E-state index in [0.717, 1.165) is 0 Å². The van der Waals surface area contributed by atoms with Gasteiger partial charge in [0.05, 0.1) is 13.2 Å². The van der Waals surface area contributed by atoms with Gasteiger partial charge in [0.1, 0.15) is 0 Å². The van der Waals surface area contributed by atoms with Gasteiger partial charge in [-0.1, -0.05) is 20.8 Å². The van der Waals surface area contributed by atoms with Crippen LogP contribution in [0.1, 0.15) is 27.2 Å². The Labute approximate surface area is 96.9 Å². The third kappa shape index (κ3) is 8.23. The molecule has 2 N–H and O–H groups in total. The Kier molecular flexibility index (Phi) is 8.52. The minimum Gasteiger partial charge on any atom is -0.378 e. The molecule has 0 atom stereocenters. The molecule has 0 aromatic carbocycles. The lowest BCUT2D eigenvalue weighted by atomic mass is 10.2. The maximum absolute atomic E-state index is 11.1. The van der Waals surface area contributed by atoms with Crippen LogP contribution in [0.25, 0.3) is 0 Å². The highest BCUT2D eigenvalue weighted by Crippen LogP contribution is 1.89. The van der Waals surface area contributed by atoms with Crippen LogP contribution in [-0.2, 0) is 14.3 Å². The molecule has 0 saturated heterocycles. The molecule has 0 rings (SSSR count). The van der Waals surface area contributed by atoms with E-state index in [9.17, 15) is 9.59 Å². The van der Waals surface area contributed by atoms with E-state index in [0.29, 0.717) is 32.7 Å². The predicted octanol–water partition coefficient (Wildman–Crippen LogP) is 0.301. The second-order valence-electron chi connectivity index (χ2n) is 3.76. The minimum absolute atomic E-state index is 0.00356. The summed E-state index contributed by atoms with van der Waals surface area (Å²) in [5.41, 5.74) is 0. The Morgan fingerprint density at radius 1 is 1.12 bits per heavy atom. The Bertz CT molecular complexity index is 217. The van der Waals surface area contributed by atoms with Crippen molar-refractivity contribution in [3.63, 3.8) is 0 Å². The zero-order valence-electron chi connectivity index (χ0n) is 10.3. The molecule has 16 heavy (non-hydrogen) atoms. The van der Waals surface area contributed by atoms with E-state index in [1.165, 1.54) is 0 Å². The maximum atomic E-state index is 11.1. The molecule has 0 fully saturated rings. The fourth-order valence-corrected chi connectivity index (χ4v) is 0.940. The van der Waals surface area contributed by atoms with Crippen LogP contribution in [0.3, 0.4) is 0 Å². The van der Waals surface area contributed by atoms with Crippen molar-refractivity contribution in [2.75, 3.05) is 26.3 Å². The highest BCUT2D eigenvalue weighted by molar-refractivity contribution is 5.77. The number of carbonyl (C=O) groups excluding carboxylic acids is 2. The molecule has 0 heterocycles. The zero-order chi connectivity index (χ0) is 12.4. The molecule has 0 spiro atoms. The van der Waals surface area contributed by atoms with Gasteiger partial charge in [0, 0.05) is 25.4 Å². The number of amides is 2. The van der Waals surface area contributed by atoms with E-state index in [-0.39, 0.29) is 17.7 Å². The molecule has 0 aliphatic carbocycles. The van der Waals surface area contributed by atoms with Crippen molar-refractivity contribution in [3.05, 3.63) is 0 Å². The first-order valence-electron chi connectivity index (χ1n) is 5.70. The lowest BCUT2D eigenvalue weighted by Gasteiger charge is -2.08. The van der Waals surface area contributed by atoms with Gasteiger partial charge in [-0.3, -0.25) is 9.59 Å². The monoisotopic (exact) mass is 230 g/mol. The number of hydrogen-bond acceptors (Lipinski definition) is 3. The van der Waals surface area contributed by atoms with Gasteiger partial charge in [0.25, 0.3) is 0 Å². The Balaban J connectivity index is 3.22. The summed E-state index contributed by atoms with van der Waals surface area (Å²) < 4.78 is 5.23.